The lowest BCUT2D eigenvalue weighted by Gasteiger charge is -2.29. The summed E-state index contributed by atoms with van der Waals surface area (Å²) < 4.78 is 0.974. The highest BCUT2D eigenvalue weighted by molar-refractivity contribution is 9.10. The van der Waals surface area contributed by atoms with E-state index in [-0.39, 0.29) is 17.9 Å². The van der Waals surface area contributed by atoms with Crippen LogP contribution < -0.4 is 5.32 Å². The fourth-order valence-electron chi connectivity index (χ4n) is 2.74. The molecule has 156 valence electrons. The van der Waals surface area contributed by atoms with E-state index in [0.717, 1.165) is 15.6 Å². The van der Waals surface area contributed by atoms with Crippen LogP contribution in [0.15, 0.2) is 53.0 Å². The number of thioether (sulfide) groups is 1. The topological polar surface area (TPSA) is 49.4 Å². The molecule has 0 aliphatic carbocycles. The number of benzene rings is 2. The fraction of sp³-hybridized carbons (Fsp3) is 0.364. The van der Waals surface area contributed by atoms with Gasteiger partial charge in [-0.05, 0) is 56.2 Å². The second-order valence-electron chi connectivity index (χ2n) is 7.11. The summed E-state index contributed by atoms with van der Waals surface area (Å²) >= 11 is 11.0. The third-order valence-electron chi connectivity index (χ3n) is 4.25. The molecule has 0 aromatic heterocycles. The minimum Gasteiger partial charge on any atom is -0.352 e. The second kappa shape index (κ2) is 11.6. The fourth-order valence-corrected chi connectivity index (χ4v) is 4.08. The maximum Gasteiger partial charge on any atom is 0.242 e. The van der Waals surface area contributed by atoms with Crippen molar-refractivity contribution in [3.8, 4) is 0 Å². The molecule has 0 unspecified atom stereocenters. The van der Waals surface area contributed by atoms with Crippen molar-refractivity contribution >= 4 is 51.1 Å². The van der Waals surface area contributed by atoms with E-state index in [1.807, 2.05) is 62.4 Å². The Morgan fingerprint density at radius 1 is 1.10 bits per heavy atom. The summed E-state index contributed by atoms with van der Waals surface area (Å²) in [5, 5.41) is 3.58. The number of carbonyl (C=O) groups is 2. The molecule has 0 saturated carbocycles. The zero-order valence-electron chi connectivity index (χ0n) is 16.8. The van der Waals surface area contributed by atoms with Crippen molar-refractivity contribution in [2.24, 2.45) is 0 Å². The summed E-state index contributed by atoms with van der Waals surface area (Å²) in [5.41, 5.74) is 2.05. The van der Waals surface area contributed by atoms with Crippen LogP contribution in [0.5, 0.6) is 0 Å². The standard InChI is InChI=1S/C22H26BrClN2O2S/c1-15(2)25-22(28)16(3)26(12-17-7-9-19(23)10-8-17)21(27)14-29-13-18-5-4-6-20(24)11-18/h4-11,15-16H,12-14H2,1-3H3,(H,25,28)/t16-/m1/s1. The van der Waals surface area contributed by atoms with Gasteiger partial charge in [-0.1, -0.05) is 51.8 Å². The van der Waals surface area contributed by atoms with Gasteiger partial charge in [0, 0.05) is 27.8 Å². The third kappa shape index (κ3) is 8.03. The number of hydrogen-bond donors (Lipinski definition) is 1. The Hall–Kier alpha value is -1.50. The van der Waals surface area contributed by atoms with Crippen LogP contribution in [0, 0.1) is 0 Å². The average molecular weight is 498 g/mol. The van der Waals surface area contributed by atoms with Crippen molar-refractivity contribution in [3.63, 3.8) is 0 Å². The lowest BCUT2D eigenvalue weighted by atomic mass is 10.1. The normalized spacial score (nSPS) is 11.9. The maximum atomic E-state index is 13.0. The van der Waals surface area contributed by atoms with Gasteiger partial charge in [-0.15, -0.1) is 11.8 Å². The summed E-state index contributed by atoms with van der Waals surface area (Å²) in [4.78, 5) is 27.2. The molecule has 2 rings (SSSR count). The number of hydrogen-bond acceptors (Lipinski definition) is 3. The van der Waals surface area contributed by atoms with Crippen LogP contribution in [0.4, 0.5) is 0 Å². The Labute approximate surface area is 190 Å². The zero-order valence-corrected chi connectivity index (χ0v) is 20.0. The Kier molecular flexibility index (Phi) is 9.53. The number of rotatable bonds is 9. The molecule has 0 fully saturated rings. The summed E-state index contributed by atoms with van der Waals surface area (Å²) in [5.74, 6) is 0.768. The van der Waals surface area contributed by atoms with E-state index in [1.165, 1.54) is 11.8 Å². The molecule has 2 aromatic rings. The number of nitrogens with one attached hydrogen (secondary N) is 1. The van der Waals surface area contributed by atoms with Gasteiger partial charge in [-0.25, -0.2) is 0 Å². The predicted octanol–water partition coefficient (Wildman–Crippen LogP) is 5.28. The smallest absolute Gasteiger partial charge is 0.242 e. The van der Waals surface area contributed by atoms with E-state index in [2.05, 4.69) is 21.2 Å². The van der Waals surface area contributed by atoms with Crippen LogP contribution in [0.3, 0.4) is 0 Å². The molecule has 0 aliphatic rings. The Bertz CT molecular complexity index is 830. The molecular weight excluding hydrogens is 472 g/mol. The monoisotopic (exact) mass is 496 g/mol. The van der Waals surface area contributed by atoms with Gasteiger partial charge in [-0.3, -0.25) is 9.59 Å². The Morgan fingerprint density at radius 3 is 2.41 bits per heavy atom. The van der Waals surface area contributed by atoms with E-state index < -0.39 is 6.04 Å². The molecule has 0 heterocycles. The van der Waals surface area contributed by atoms with Crippen molar-refractivity contribution in [1.29, 1.82) is 0 Å². The van der Waals surface area contributed by atoms with Crippen molar-refractivity contribution in [1.82, 2.24) is 10.2 Å². The van der Waals surface area contributed by atoms with Crippen LogP contribution >= 0.6 is 39.3 Å². The van der Waals surface area contributed by atoms with E-state index in [9.17, 15) is 9.59 Å². The molecular formula is C22H26BrClN2O2S. The first-order valence-corrected chi connectivity index (χ1v) is 11.8. The van der Waals surface area contributed by atoms with Crippen LogP contribution in [-0.4, -0.2) is 34.6 Å². The van der Waals surface area contributed by atoms with Gasteiger partial charge < -0.3 is 10.2 Å². The molecule has 4 nitrogen and oxygen atoms in total. The van der Waals surface area contributed by atoms with Gasteiger partial charge in [0.25, 0.3) is 0 Å². The SMILES string of the molecule is CC(C)NC(=O)[C@@H](C)N(Cc1ccc(Br)cc1)C(=O)CSCc1cccc(Cl)c1. The van der Waals surface area contributed by atoms with E-state index in [0.29, 0.717) is 23.1 Å². The highest BCUT2D eigenvalue weighted by atomic mass is 79.9. The van der Waals surface area contributed by atoms with Crippen molar-refractivity contribution in [2.75, 3.05) is 5.75 Å². The van der Waals surface area contributed by atoms with Gasteiger partial charge in [0.15, 0.2) is 0 Å². The van der Waals surface area contributed by atoms with Crippen LogP contribution in [0.25, 0.3) is 0 Å². The molecule has 0 aliphatic heterocycles. The predicted molar refractivity (Wildman–Crippen MR) is 125 cm³/mol. The van der Waals surface area contributed by atoms with Gasteiger partial charge >= 0.3 is 0 Å². The Balaban J connectivity index is 2.06. The zero-order chi connectivity index (χ0) is 21.4. The van der Waals surface area contributed by atoms with Crippen molar-refractivity contribution in [3.05, 3.63) is 69.2 Å². The van der Waals surface area contributed by atoms with Gasteiger partial charge in [0.05, 0.1) is 5.75 Å². The van der Waals surface area contributed by atoms with Crippen LogP contribution in [0.2, 0.25) is 5.02 Å². The van der Waals surface area contributed by atoms with Gasteiger partial charge in [-0.2, -0.15) is 0 Å². The van der Waals surface area contributed by atoms with Crippen LogP contribution in [0.1, 0.15) is 31.9 Å². The molecule has 7 heteroatoms. The second-order valence-corrected chi connectivity index (χ2v) is 9.45. The van der Waals surface area contributed by atoms with Gasteiger partial charge in [0.1, 0.15) is 6.04 Å². The molecule has 29 heavy (non-hydrogen) atoms. The highest BCUT2D eigenvalue weighted by Gasteiger charge is 2.26. The minimum absolute atomic E-state index is 0.0202. The number of carbonyl (C=O) groups excluding carboxylic acids is 2. The minimum atomic E-state index is -0.555. The highest BCUT2D eigenvalue weighted by Crippen LogP contribution is 2.19. The number of amides is 2. The van der Waals surface area contributed by atoms with Gasteiger partial charge in [0.2, 0.25) is 11.8 Å². The molecule has 0 bridgehead atoms. The maximum absolute atomic E-state index is 13.0. The first kappa shape index (κ1) is 23.8. The summed E-state index contributed by atoms with van der Waals surface area (Å²) in [6, 6.07) is 14.9. The number of nitrogens with zero attached hydrogens (tertiary/aromatic N) is 1. The van der Waals surface area contributed by atoms with Crippen LogP contribution in [-0.2, 0) is 21.9 Å². The lowest BCUT2D eigenvalue weighted by Crippen LogP contribution is -2.49. The molecule has 2 aromatic carbocycles. The summed E-state index contributed by atoms with van der Waals surface area (Å²) in [6.07, 6.45) is 0. The summed E-state index contributed by atoms with van der Waals surface area (Å²) in [6.45, 7) is 5.98. The molecule has 0 saturated heterocycles. The number of halogens is 2. The third-order valence-corrected chi connectivity index (χ3v) is 6.00. The van der Waals surface area contributed by atoms with E-state index in [1.54, 1.807) is 11.8 Å². The summed E-state index contributed by atoms with van der Waals surface area (Å²) in [7, 11) is 0. The van der Waals surface area contributed by atoms with Crippen molar-refractivity contribution in [2.45, 2.75) is 45.2 Å². The van der Waals surface area contributed by atoms with E-state index in [4.69, 9.17) is 11.6 Å². The Morgan fingerprint density at radius 2 is 1.79 bits per heavy atom. The largest absolute Gasteiger partial charge is 0.352 e. The molecule has 0 spiro atoms. The molecule has 1 N–H and O–H groups in total. The molecule has 1 atom stereocenters. The lowest BCUT2D eigenvalue weighted by molar-refractivity contribution is -0.138. The first-order valence-electron chi connectivity index (χ1n) is 9.42. The molecule has 2 amide bonds. The quantitative estimate of drug-likeness (QED) is 0.513. The first-order chi connectivity index (χ1) is 13.8. The molecule has 0 radical (unpaired) electrons. The van der Waals surface area contributed by atoms with E-state index >= 15 is 0 Å². The average Bonchev–Trinajstić information content (AvgIpc) is 2.66. The van der Waals surface area contributed by atoms with Crippen molar-refractivity contribution < 1.29 is 9.59 Å².